The number of rotatable bonds is 7. The summed E-state index contributed by atoms with van der Waals surface area (Å²) in [5.41, 5.74) is 6.02. The molecule has 1 saturated carbocycles. The highest BCUT2D eigenvalue weighted by Crippen LogP contribution is 2.44. The molecular formula is C16H30N4. The van der Waals surface area contributed by atoms with E-state index in [1.54, 1.807) is 0 Å². The monoisotopic (exact) mass is 278 g/mol. The van der Waals surface area contributed by atoms with Crippen LogP contribution in [0.5, 0.6) is 0 Å². The predicted molar refractivity (Wildman–Crippen MR) is 83.3 cm³/mol. The Labute approximate surface area is 123 Å². The Hall–Kier alpha value is -0.870. The smallest absolute Gasteiger partial charge is 0.0624 e. The van der Waals surface area contributed by atoms with Crippen molar-refractivity contribution in [3.8, 4) is 0 Å². The van der Waals surface area contributed by atoms with Crippen LogP contribution in [0, 0.1) is 5.41 Å². The Morgan fingerprint density at radius 2 is 2.05 bits per heavy atom. The van der Waals surface area contributed by atoms with Gasteiger partial charge in [0, 0.05) is 24.7 Å². The SMILES string of the molecule is CCc1cc(CC(NN)C2(CC)CCCC2)n(CC)n1. The van der Waals surface area contributed by atoms with Crippen LogP contribution in [-0.2, 0) is 19.4 Å². The third-order valence-corrected chi connectivity index (χ3v) is 5.23. The topological polar surface area (TPSA) is 55.9 Å². The molecule has 1 aliphatic carbocycles. The molecule has 0 amide bonds. The molecule has 0 aliphatic heterocycles. The second-order valence-corrected chi connectivity index (χ2v) is 6.14. The molecule has 1 aliphatic rings. The van der Waals surface area contributed by atoms with E-state index in [9.17, 15) is 0 Å². The van der Waals surface area contributed by atoms with Gasteiger partial charge in [0.25, 0.3) is 0 Å². The van der Waals surface area contributed by atoms with Crippen LogP contribution in [0.3, 0.4) is 0 Å². The molecule has 20 heavy (non-hydrogen) atoms. The van der Waals surface area contributed by atoms with Gasteiger partial charge in [-0.3, -0.25) is 16.0 Å². The zero-order valence-corrected chi connectivity index (χ0v) is 13.3. The van der Waals surface area contributed by atoms with Crippen molar-refractivity contribution in [2.45, 2.75) is 78.3 Å². The zero-order valence-electron chi connectivity index (χ0n) is 13.3. The molecule has 1 fully saturated rings. The first-order chi connectivity index (χ1) is 9.69. The summed E-state index contributed by atoms with van der Waals surface area (Å²) in [6, 6.07) is 2.62. The van der Waals surface area contributed by atoms with Crippen molar-refractivity contribution in [1.29, 1.82) is 0 Å². The predicted octanol–water partition coefficient (Wildman–Crippen LogP) is 2.81. The zero-order chi connectivity index (χ0) is 14.6. The standard InChI is InChI=1S/C16H30N4/c1-4-13-11-14(20(6-3)19-13)12-15(18-17)16(5-2)9-7-8-10-16/h11,15,18H,4-10,12,17H2,1-3H3. The minimum atomic E-state index is 0.363. The lowest BCUT2D eigenvalue weighted by atomic mass is 9.74. The Morgan fingerprint density at radius 3 is 2.55 bits per heavy atom. The molecule has 3 N–H and O–H groups in total. The van der Waals surface area contributed by atoms with E-state index in [-0.39, 0.29) is 0 Å². The van der Waals surface area contributed by atoms with Crippen LogP contribution in [0.15, 0.2) is 6.07 Å². The van der Waals surface area contributed by atoms with Gasteiger partial charge in [-0.05, 0) is 44.1 Å². The van der Waals surface area contributed by atoms with Crippen molar-refractivity contribution < 1.29 is 0 Å². The Bertz CT molecular complexity index is 418. The number of hydrazine groups is 1. The maximum absolute atomic E-state index is 5.91. The van der Waals surface area contributed by atoms with Crippen molar-refractivity contribution in [2.75, 3.05) is 0 Å². The fourth-order valence-electron chi connectivity index (χ4n) is 3.81. The average Bonchev–Trinajstić information content (AvgIpc) is 3.11. The number of aromatic nitrogens is 2. The van der Waals surface area contributed by atoms with Gasteiger partial charge in [-0.25, -0.2) is 0 Å². The van der Waals surface area contributed by atoms with Crippen LogP contribution >= 0.6 is 0 Å². The largest absolute Gasteiger partial charge is 0.271 e. The Morgan fingerprint density at radius 1 is 1.35 bits per heavy atom. The molecule has 1 unspecified atom stereocenters. The highest BCUT2D eigenvalue weighted by molar-refractivity contribution is 5.13. The van der Waals surface area contributed by atoms with Crippen LogP contribution in [0.4, 0.5) is 0 Å². The van der Waals surface area contributed by atoms with Gasteiger partial charge in [0.15, 0.2) is 0 Å². The number of aryl methyl sites for hydroxylation is 2. The first-order valence-corrected chi connectivity index (χ1v) is 8.20. The van der Waals surface area contributed by atoms with Gasteiger partial charge in [-0.1, -0.05) is 26.7 Å². The Kier molecular flexibility index (Phi) is 5.22. The van der Waals surface area contributed by atoms with Gasteiger partial charge in [0.2, 0.25) is 0 Å². The quantitative estimate of drug-likeness (QED) is 0.595. The van der Waals surface area contributed by atoms with Crippen molar-refractivity contribution >= 4 is 0 Å². The molecule has 0 aromatic carbocycles. The molecule has 1 heterocycles. The van der Waals surface area contributed by atoms with Crippen molar-refractivity contribution in [1.82, 2.24) is 15.2 Å². The van der Waals surface area contributed by atoms with Crippen LogP contribution in [-0.4, -0.2) is 15.8 Å². The summed E-state index contributed by atoms with van der Waals surface area (Å²) < 4.78 is 2.14. The second-order valence-electron chi connectivity index (χ2n) is 6.14. The van der Waals surface area contributed by atoms with E-state index < -0.39 is 0 Å². The number of hydrogen-bond donors (Lipinski definition) is 2. The van der Waals surface area contributed by atoms with Crippen LogP contribution in [0.25, 0.3) is 0 Å². The number of nitrogens with two attached hydrogens (primary N) is 1. The molecule has 114 valence electrons. The van der Waals surface area contributed by atoms with Crippen molar-refractivity contribution in [3.05, 3.63) is 17.5 Å². The van der Waals surface area contributed by atoms with E-state index in [1.165, 1.54) is 43.5 Å². The third kappa shape index (κ3) is 2.91. The maximum Gasteiger partial charge on any atom is 0.0624 e. The van der Waals surface area contributed by atoms with Gasteiger partial charge >= 0.3 is 0 Å². The van der Waals surface area contributed by atoms with Gasteiger partial charge in [-0.15, -0.1) is 0 Å². The molecule has 1 aromatic heterocycles. The molecule has 0 radical (unpaired) electrons. The van der Waals surface area contributed by atoms with Crippen LogP contribution in [0.2, 0.25) is 0 Å². The van der Waals surface area contributed by atoms with E-state index in [2.05, 4.69) is 42.0 Å². The fourth-order valence-corrected chi connectivity index (χ4v) is 3.81. The van der Waals surface area contributed by atoms with E-state index in [0.717, 1.165) is 19.4 Å². The fraction of sp³-hybridized carbons (Fsp3) is 0.812. The molecule has 0 spiro atoms. The average molecular weight is 278 g/mol. The molecule has 4 nitrogen and oxygen atoms in total. The molecule has 1 aromatic rings. The Balaban J connectivity index is 2.19. The molecule has 0 bridgehead atoms. The highest BCUT2D eigenvalue weighted by Gasteiger charge is 2.39. The van der Waals surface area contributed by atoms with Crippen LogP contribution in [0.1, 0.15) is 64.3 Å². The van der Waals surface area contributed by atoms with Gasteiger partial charge in [-0.2, -0.15) is 5.10 Å². The number of hydrogen-bond acceptors (Lipinski definition) is 3. The summed E-state index contributed by atoms with van der Waals surface area (Å²) in [6.07, 6.45) is 8.50. The van der Waals surface area contributed by atoms with E-state index in [0.29, 0.717) is 11.5 Å². The first kappa shape index (κ1) is 15.5. The van der Waals surface area contributed by atoms with Gasteiger partial charge in [0.05, 0.1) is 5.69 Å². The summed E-state index contributed by atoms with van der Waals surface area (Å²) in [4.78, 5) is 0. The van der Waals surface area contributed by atoms with E-state index in [4.69, 9.17) is 5.84 Å². The third-order valence-electron chi connectivity index (χ3n) is 5.23. The first-order valence-electron chi connectivity index (χ1n) is 8.20. The van der Waals surface area contributed by atoms with E-state index >= 15 is 0 Å². The summed E-state index contributed by atoms with van der Waals surface area (Å²) in [6.45, 7) is 7.57. The molecule has 1 atom stereocenters. The lowest BCUT2D eigenvalue weighted by Gasteiger charge is -2.36. The minimum absolute atomic E-state index is 0.363. The highest BCUT2D eigenvalue weighted by atomic mass is 15.3. The summed E-state index contributed by atoms with van der Waals surface area (Å²) >= 11 is 0. The maximum atomic E-state index is 5.91. The van der Waals surface area contributed by atoms with Crippen molar-refractivity contribution in [3.63, 3.8) is 0 Å². The second kappa shape index (κ2) is 6.72. The summed E-state index contributed by atoms with van der Waals surface area (Å²) in [5, 5.41) is 4.66. The molecule has 2 rings (SSSR count). The minimum Gasteiger partial charge on any atom is -0.271 e. The number of nitrogens with one attached hydrogen (secondary N) is 1. The van der Waals surface area contributed by atoms with Crippen LogP contribution < -0.4 is 11.3 Å². The van der Waals surface area contributed by atoms with Gasteiger partial charge in [0.1, 0.15) is 0 Å². The normalized spacial score (nSPS) is 19.4. The molecular weight excluding hydrogens is 248 g/mol. The molecule has 4 heteroatoms. The molecule has 0 saturated heterocycles. The van der Waals surface area contributed by atoms with E-state index in [1.807, 2.05) is 0 Å². The lowest BCUT2D eigenvalue weighted by Crippen LogP contribution is -2.48. The summed E-state index contributed by atoms with van der Waals surface area (Å²) in [7, 11) is 0. The lowest BCUT2D eigenvalue weighted by molar-refractivity contribution is 0.183. The van der Waals surface area contributed by atoms with Gasteiger partial charge < -0.3 is 0 Å². The van der Waals surface area contributed by atoms with Crippen molar-refractivity contribution in [2.24, 2.45) is 11.3 Å². The number of nitrogens with zero attached hydrogens (tertiary/aromatic N) is 2. The summed E-state index contributed by atoms with van der Waals surface area (Å²) in [5.74, 6) is 5.91.